The first-order valence-corrected chi connectivity index (χ1v) is 4.55. The van der Waals surface area contributed by atoms with Gasteiger partial charge in [-0.2, -0.15) is 0 Å². The summed E-state index contributed by atoms with van der Waals surface area (Å²) >= 11 is 0. The van der Waals surface area contributed by atoms with Crippen LogP contribution in [-0.4, -0.2) is 11.7 Å². The molecule has 0 fully saturated rings. The third-order valence-corrected chi connectivity index (χ3v) is 2.51. The van der Waals surface area contributed by atoms with Crippen LogP contribution in [0.3, 0.4) is 0 Å². The lowest BCUT2D eigenvalue weighted by atomic mass is 10.2. The minimum Gasteiger partial charge on any atom is -0.398 e. The molecule has 1 heterocycles. The number of fused-ring (bicyclic) bond motifs is 1. The zero-order chi connectivity index (χ0) is 10.1. The van der Waals surface area contributed by atoms with Crippen molar-refractivity contribution >= 4 is 16.6 Å². The summed E-state index contributed by atoms with van der Waals surface area (Å²) in [5.41, 5.74) is 8.99. The highest BCUT2D eigenvalue weighted by atomic mass is 16.5. The van der Waals surface area contributed by atoms with Crippen LogP contribution in [0.25, 0.3) is 10.9 Å². The number of anilines is 1. The molecule has 0 radical (unpaired) electrons. The average Bonchev–Trinajstić information content (AvgIpc) is 2.48. The predicted octanol–water partition coefficient (Wildman–Crippen LogP) is 1.91. The number of nitrogens with zero attached hydrogens (tertiary/aromatic N) is 1. The number of ether oxygens (including phenoxy) is 1. The molecule has 0 unspecified atom stereocenters. The van der Waals surface area contributed by atoms with Crippen LogP contribution in [0, 0.1) is 0 Å². The van der Waals surface area contributed by atoms with Crippen LogP contribution in [0.2, 0.25) is 0 Å². The van der Waals surface area contributed by atoms with Crippen LogP contribution in [0.4, 0.5) is 5.69 Å². The summed E-state index contributed by atoms with van der Waals surface area (Å²) in [4.78, 5) is 0. The van der Waals surface area contributed by atoms with Crippen molar-refractivity contribution in [3.63, 3.8) is 0 Å². The molecule has 3 heteroatoms. The second-order valence-corrected chi connectivity index (χ2v) is 3.41. The SMILES string of the molecule is COCc1cc2c(N)cccc2n1C. The molecule has 0 aliphatic carbocycles. The number of nitrogen functional groups attached to an aromatic ring is 1. The molecule has 0 saturated carbocycles. The van der Waals surface area contributed by atoms with E-state index >= 15 is 0 Å². The third-order valence-electron chi connectivity index (χ3n) is 2.51. The lowest BCUT2D eigenvalue weighted by Gasteiger charge is -2.02. The van der Waals surface area contributed by atoms with E-state index in [1.165, 1.54) is 0 Å². The van der Waals surface area contributed by atoms with Gasteiger partial charge in [-0.3, -0.25) is 0 Å². The van der Waals surface area contributed by atoms with Gasteiger partial charge in [0.25, 0.3) is 0 Å². The smallest absolute Gasteiger partial charge is 0.0864 e. The summed E-state index contributed by atoms with van der Waals surface area (Å²) < 4.78 is 7.22. The summed E-state index contributed by atoms with van der Waals surface area (Å²) in [5, 5.41) is 1.10. The topological polar surface area (TPSA) is 40.2 Å². The van der Waals surface area contributed by atoms with Crippen molar-refractivity contribution in [2.45, 2.75) is 6.61 Å². The highest BCUT2D eigenvalue weighted by molar-refractivity contribution is 5.92. The Morgan fingerprint density at radius 1 is 1.43 bits per heavy atom. The van der Waals surface area contributed by atoms with E-state index in [2.05, 4.69) is 16.7 Å². The number of methoxy groups -OCH3 is 1. The molecule has 0 spiro atoms. The maximum absolute atomic E-state index is 5.88. The molecule has 0 aliphatic rings. The number of nitrogens with two attached hydrogens (primary N) is 1. The maximum Gasteiger partial charge on any atom is 0.0864 e. The van der Waals surface area contributed by atoms with Crippen LogP contribution in [0.1, 0.15) is 5.69 Å². The number of aromatic nitrogens is 1. The first kappa shape index (κ1) is 9.09. The Kier molecular flexibility index (Phi) is 2.17. The van der Waals surface area contributed by atoms with Crippen LogP contribution in [0.5, 0.6) is 0 Å². The molecule has 0 saturated heterocycles. The van der Waals surface area contributed by atoms with Gasteiger partial charge in [0.2, 0.25) is 0 Å². The van der Waals surface area contributed by atoms with E-state index in [0.29, 0.717) is 6.61 Å². The molecule has 2 aromatic rings. The van der Waals surface area contributed by atoms with Gasteiger partial charge in [0, 0.05) is 30.9 Å². The molecule has 74 valence electrons. The summed E-state index contributed by atoms with van der Waals surface area (Å²) in [5.74, 6) is 0. The number of hydrogen-bond acceptors (Lipinski definition) is 2. The fourth-order valence-corrected chi connectivity index (χ4v) is 1.72. The molecule has 1 aromatic carbocycles. The lowest BCUT2D eigenvalue weighted by molar-refractivity contribution is 0.179. The van der Waals surface area contributed by atoms with Gasteiger partial charge in [-0.15, -0.1) is 0 Å². The second-order valence-electron chi connectivity index (χ2n) is 3.41. The van der Waals surface area contributed by atoms with Crippen molar-refractivity contribution in [1.29, 1.82) is 0 Å². The molecule has 2 rings (SSSR count). The summed E-state index contributed by atoms with van der Waals surface area (Å²) in [7, 11) is 3.72. The van der Waals surface area contributed by atoms with E-state index in [1.807, 2.05) is 19.2 Å². The van der Waals surface area contributed by atoms with Gasteiger partial charge < -0.3 is 15.0 Å². The van der Waals surface area contributed by atoms with Gasteiger partial charge in [-0.25, -0.2) is 0 Å². The van der Waals surface area contributed by atoms with Gasteiger partial charge in [0.1, 0.15) is 0 Å². The van der Waals surface area contributed by atoms with Gasteiger partial charge >= 0.3 is 0 Å². The Morgan fingerprint density at radius 2 is 2.21 bits per heavy atom. The predicted molar refractivity (Wildman–Crippen MR) is 58.0 cm³/mol. The van der Waals surface area contributed by atoms with Gasteiger partial charge in [0.05, 0.1) is 12.1 Å². The zero-order valence-electron chi connectivity index (χ0n) is 8.45. The van der Waals surface area contributed by atoms with Crippen molar-refractivity contribution in [1.82, 2.24) is 4.57 Å². The first-order valence-electron chi connectivity index (χ1n) is 4.55. The van der Waals surface area contributed by atoms with E-state index in [0.717, 1.165) is 22.3 Å². The maximum atomic E-state index is 5.88. The fraction of sp³-hybridized carbons (Fsp3) is 0.273. The van der Waals surface area contributed by atoms with E-state index in [4.69, 9.17) is 10.5 Å². The summed E-state index contributed by atoms with van der Waals surface area (Å²) in [6.45, 7) is 0.616. The van der Waals surface area contributed by atoms with E-state index < -0.39 is 0 Å². The number of benzene rings is 1. The lowest BCUT2D eigenvalue weighted by Crippen LogP contribution is -1.96. The number of aryl methyl sites for hydroxylation is 1. The van der Waals surface area contributed by atoms with E-state index in [1.54, 1.807) is 7.11 Å². The standard InChI is InChI=1S/C11H14N2O/c1-13-8(7-14-2)6-9-10(12)4-3-5-11(9)13/h3-6H,7,12H2,1-2H3. The Balaban J connectivity index is 2.67. The molecule has 0 bridgehead atoms. The average molecular weight is 190 g/mol. The van der Waals surface area contributed by atoms with Crippen LogP contribution < -0.4 is 5.73 Å². The van der Waals surface area contributed by atoms with Crippen molar-refractivity contribution in [2.75, 3.05) is 12.8 Å². The monoisotopic (exact) mass is 190 g/mol. The van der Waals surface area contributed by atoms with Gasteiger partial charge in [0.15, 0.2) is 0 Å². The van der Waals surface area contributed by atoms with Gasteiger partial charge in [-0.05, 0) is 18.2 Å². The van der Waals surface area contributed by atoms with Crippen molar-refractivity contribution < 1.29 is 4.74 Å². The Labute approximate surface area is 83.1 Å². The highest BCUT2D eigenvalue weighted by Crippen LogP contribution is 2.24. The second kappa shape index (κ2) is 3.35. The summed E-state index contributed by atoms with van der Waals surface area (Å²) in [6.07, 6.45) is 0. The molecule has 1 aromatic heterocycles. The van der Waals surface area contributed by atoms with E-state index in [9.17, 15) is 0 Å². The van der Waals surface area contributed by atoms with Crippen molar-refractivity contribution in [2.24, 2.45) is 7.05 Å². The molecule has 3 nitrogen and oxygen atoms in total. The van der Waals surface area contributed by atoms with Gasteiger partial charge in [-0.1, -0.05) is 6.07 Å². The van der Waals surface area contributed by atoms with E-state index in [-0.39, 0.29) is 0 Å². The summed E-state index contributed by atoms with van der Waals surface area (Å²) in [6, 6.07) is 8.02. The molecule has 2 N–H and O–H groups in total. The number of hydrogen-bond donors (Lipinski definition) is 1. The zero-order valence-corrected chi connectivity index (χ0v) is 8.45. The fourth-order valence-electron chi connectivity index (χ4n) is 1.72. The molecule has 0 aliphatic heterocycles. The van der Waals surface area contributed by atoms with Crippen molar-refractivity contribution in [3.8, 4) is 0 Å². The normalized spacial score (nSPS) is 11.0. The molecular formula is C11H14N2O. The highest BCUT2D eigenvalue weighted by Gasteiger charge is 2.06. The Morgan fingerprint density at radius 3 is 2.86 bits per heavy atom. The first-order chi connectivity index (χ1) is 6.74. The van der Waals surface area contributed by atoms with Crippen LogP contribution >= 0.6 is 0 Å². The van der Waals surface area contributed by atoms with Crippen LogP contribution in [0.15, 0.2) is 24.3 Å². The molecule has 0 atom stereocenters. The van der Waals surface area contributed by atoms with Crippen LogP contribution in [-0.2, 0) is 18.4 Å². The molecule has 14 heavy (non-hydrogen) atoms. The minimum atomic E-state index is 0.616. The molecular weight excluding hydrogens is 176 g/mol. The minimum absolute atomic E-state index is 0.616. The number of rotatable bonds is 2. The quantitative estimate of drug-likeness (QED) is 0.735. The Hall–Kier alpha value is -1.48. The third kappa shape index (κ3) is 1.26. The van der Waals surface area contributed by atoms with Crippen molar-refractivity contribution in [3.05, 3.63) is 30.0 Å². The molecule has 0 amide bonds. The Bertz CT molecular complexity index is 460. The largest absolute Gasteiger partial charge is 0.398 e.